The third-order valence-corrected chi connectivity index (χ3v) is 8.79. The van der Waals surface area contributed by atoms with Crippen LogP contribution in [0, 0.1) is 16.0 Å². The van der Waals surface area contributed by atoms with Gasteiger partial charge in [0.1, 0.15) is 0 Å². The van der Waals surface area contributed by atoms with E-state index in [1.807, 2.05) is 31.3 Å². The zero-order valence-electron chi connectivity index (χ0n) is 17.8. The van der Waals surface area contributed by atoms with Gasteiger partial charge in [0.25, 0.3) is 5.69 Å². The number of nitrogens with zero attached hydrogens (tertiary/aromatic N) is 3. The molecule has 8 nitrogen and oxygen atoms in total. The average Bonchev–Trinajstić information content (AvgIpc) is 3.29. The molecule has 2 aromatic rings. The highest BCUT2D eigenvalue weighted by atomic mass is 32.2. The molecule has 1 fully saturated rings. The lowest BCUT2D eigenvalue weighted by molar-refractivity contribution is -0.384. The monoisotopic (exact) mass is 454 g/mol. The lowest BCUT2D eigenvalue weighted by Crippen LogP contribution is -2.47. The van der Waals surface area contributed by atoms with Crippen LogP contribution in [0.3, 0.4) is 0 Å². The van der Waals surface area contributed by atoms with Gasteiger partial charge in [0.2, 0.25) is 10.0 Å². The van der Waals surface area contributed by atoms with Crippen LogP contribution in [0.5, 0.6) is 0 Å². The van der Waals surface area contributed by atoms with Crippen LogP contribution in [0.4, 0.5) is 11.4 Å². The van der Waals surface area contributed by atoms with E-state index in [9.17, 15) is 18.5 Å². The molecule has 0 spiro atoms. The van der Waals surface area contributed by atoms with Crippen molar-refractivity contribution in [3.05, 3.63) is 75.9 Å². The number of allylic oxidation sites excluding steroid dienone is 2. The molecule has 2 heterocycles. The largest absolute Gasteiger partial charge is 0.378 e. The number of piperazine rings is 1. The lowest BCUT2D eigenvalue weighted by Gasteiger charge is -2.38. The number of nitrogens with one attached hydrogen (secondary N) is 1. The maximum absolute atomic E-state index is 13.3. The predicted molar refractivity (Wildman–Crippen MR) is 122 cm³/mol. The molecule has 3 unspecified atom stereocenters. The Morgan fingerprint density at radius 3 is 2.47 bits per heavy atom. The van der Waals surface area contributed by atoms with Crippen LogP contribution in [-0.4, -0.2) is 55.8 Å². The molecule has 2 aliphatic heterocycles. The van der Waals surface area contributed by atoms with Gasteiger partial charge in [0.05, 0.1) is 15.9 Å². The van der Waals surface area contributed by atoms with Crippen LogP contribution in [0.1, 0.15) is 29.5 Å². The molecule has 3 aliphatic rings. The maximum Gasteiger partial charge on any atom is 0.269 e. The summed E-state index contributed by atoms with van der Waals surface area (Å²) in [6.45, 7) is 2.47. The van der Waals surface area contributed by atoms with E-state index in [1.165, 1.54) is 12.1 Å². The Bertz CT molecular complexity index is 1170. The lowest BCUT2D eigenvalue weighted by atomic mass is 9.77. The molecule has 1 aliphatic carbocycles. The van der Waals surface area contributed by atoms with E-state index < -0.39 is 14.9 Å². The van der Waals surface area contributed by atoms with Gasteiger partial charge in [0.15, 0.2) is 0 Å². The van der Waals surface area contributed by atoms with Crippen LogP contribution in [-0.2, 0) is 10.0 Å². The number of hydrogen-bond donors (Lipinski definition) is 1. The molecule has 1 saturated heterocycles. The fourth-order valence-corrected chi connectivity index (χ4v) is 6.50. The van der Waals surface area contributed by atoms with Crippen molar-refractivity contribution in [3.8, 4) is 0 Å². The molecule has 0 aromatic heterocycles. The number of anilines is 1. The van der Waals surface area contributed by atoms with Gasteiger partial charge < -0.3 is 10.2 Å². The van der Waals surface area contributed by atoms with Crippen LogP contribution in [0.2, 0.25) is 0 Å². The Balaban J connectivity index is 1.46. The first-order chi connectivity index (χ1) is 15.3. The SMILES string of the molecule is CN1CCN(S(=O)(=O)c2ccc3c(c2)C2C=CCC2C(c2ccc([N+](=O)[O-])cc2)N3)CC1. The van der Waals surface area contributed by atoms with E-state index in [0.29, 0.717) is 18.0 Å². The van der Waals surface area contributed by atoms with Gasteiger partial charge in [-0.2, -0.15) is 4.31 Å². The molecular formula is C23H26N4O4S. The number of non-ortho nitro benzene ring substituents is 1. The highest BCUT2D eigenvalue weighted by molar-refractivity contribution is 7.89. The number of benzene rings is 2. The van der Waals surface area contributed by atoms with Gasteiger partial charge in [-0.25, -0.2) is 8.42 Å². The number of nitro benzene ring substituents is 1. The van der Waals surface area contributed by atoms with Gasteiger partial charge in [-0.15, -0.1) is 0 Å². The third kappa shape index (κ3) is 3.60. The standard InChI is InChI=1S/C23H26N4O4S/c1-25-11-13-26(14-12-25)32(30,31)18-9-10-22-21(15-18)19-3-2-4-20(19)23(24-22)16-5-7-17(8-6-16)27(28)29/h2-3,5-10,15,19-20,23-24H,4,11-14H2,1H3. The quantitative estimate of drug-likeness (QED) is 0.432. The number of sulfonamides is 1. The average molecular weight is 455 g/mol. The molecule has 5 rings (SSSR count). The molecule has 0 radical (unpaired) electrons. The van der Waals surface area contributed by atoms with Gasteiger partial charge >= 0.3 is 0 Å². The van der Waals surface area contributed by atoms with Gasteiger partial charge in [0, 0.05) is 49.9 Å². The van der Waals surface area contributed by atoms with Crippen molar-refractivity contribution in [2.45, 2.75) is 23.3 Å². The van der Waals surface area contributed by atoms with Crippen molar-refractivity contribution in [1.29, 1.82) is 0 Å². The minimum absolute atomic E-state index is 0.00314. The van der Waals surface area contributed by atoms with Crippen molar-refractivity contribution in [1.82, 2.24) is 9.21 Å². The van der Waals surface area contributed by atoms with Crippen molar-refractivity contribution in [2.75, 3.05) is 38.5 Å². The summed E-state index contributed by atoms with van der Waals surface area (Å²) in [5.41, 5.74) is 2.98. The molecule has 0 bridgehead atoms. The zero-order chi connectivity index (χ0) is 22.5. The second kappa shape index (κ2) is 7.99. The Morgan fingerprint density at radius 1 is 1.06 bits per heavy atom. The fourth-order valence-electron chi connectivity index (χ4n) is 5.04. The third-order valence-electron chi connectivity index (χ3n) is 6.90. The highest BCUT2D eigenvalue weighted by Crippen LogP contribution is 2.50. The van der Waals surface area contributed by atoms with Crippen molar-refractivity contribution < 1.29 is 13.3 Å². The molecule has 2 aromatic carbocycles. The molecular weight excluding hydrogens is 428 g/mol. The van der Waals surface area contributed by atoms with E-state index in [2.05, 4.69) is 22.4 Å². The van der Waals surface area contributed by atoms with E-state index in [4.69, 9.17) is 0 Å². The van der Waals surface area contributed by atoms with Crippen LogP contribution in [0.25, 0.3) is 0 Å². The number of fused-ring (bicyclic) bond motifs is 3. The number of nitro groups is 1. The highest BCUT2D eigenvalue weighted by Gasteiger charge is 2.39. The number of hydrogen-bond acceptors (Lipinski definition) is 6. The Hall–Kier alpha value is -2.75. The number of likely N-dealkylation sites (N-methyl/N-ethyl adjacent to an activating group) is 1. The summed E-state index contributed by atoms with van der Waals surface area (Å²) >= 11 is 0. The summed E-state index contributed by atoms with van der Waals surface area (Å²) in [7, 11) is -1.53. The van der Waals surface area contributed by atoms with Crippen molar-refractivity contribution in [2.24, 2.45) is 5.92 Å². The number of rotatable bonds is 4. The summed E-state index contributed by atoms with van der Waals surface area (Å²) < 4.78 is 28.1. The topological polar surface area (TPSA) is 95.8 Å². The maximum atomic E-state index is 13.3. The second-order valence-corrected chi connectivity index (χ2v) is 10.7. The first-order valence-electron chi connectivity index (χ1n) is 10.8. The van der Waals surface area contributed by atoms with Gasteiger partial charge in [-0.3, -0.25) is 10.1 Å². The normalized spacial score (nSPS) is 25.7. The summed E-state index contributed by atoms with van der Waals surface area (Å²) in [5.74, 6) is 0.333. The zero-order valence-corrected chi connectivity index (χ0v) is 18.7. The van der Waals surface area contributed by atoms with Crippen molar-refractivity contribution in [3.63, 3.8) is 0 Å². The molecule has 0 amide bonds. The first-order valence-corrected chi connectivity index (χ1v) is 12.3. The molecule has 0 saturated carbocycles. The molecule has 9 heteroatoms. The first kappa shape index (κ1) is 21.1. The van der Waals surface area contributed by atoms with Gasteiger partial charge in [-0.05, 0) is 48.7 Å². The van der Waals surface area contributed by atoms with E-state index >= 15 is 0 Å². The fraction of sp³-hybridized carbons (Fsp3) is 0.391. The molecule has 168 valence electrons. The molecule has 3 atom stereocenters. The van der Waals surface area contributed by atoms with Crippen LogP contribution >= 0.6 is 0 Å². The van der Waals surface area contributed by atoms with Gasteiger partial charge in [-0.1, -0.05) is 24.3 Å². The Kier molecular flexibility index (Phi) is 5.27. The molecule has 32 heavy (non-hydrogen) atoms. The minimum Gasteiger partial charge on any atom is -0.378 e. The smallest absolute Gasteiger partial charge is 0.269 e. The van der Waals surface area contributed by atoms with Crippen LogP contribution in [0.15, 0.2) is 59.5 Å². The van der Waals surface area contributed by atoms with Crippen LogP contribution < -0.4 is 5.32 Å². The predicted octanol–water partition coefficient (Wildman–Crippen LogP) is 3.36. The Labute approximate surface area is 187 Å². The van der Waals surface area contributed by atoms with E-state index in [1.54, 1.807) is 10.4 Å². The Morgan fingerprint density at radius 2 is 1.78 bits per heavy atom. The van der Waals surface area contributed by atoms with E-state index in [-0.39, 0.29) is 23.6 Å². The summed E-state index contributed by atoms with van der Waals surface area (Å²) in [4.78, 5) is 13.1. The second-order valence-electron chi connectivity index (χ2n) is 8.78. The minimum atomic E-state index is -3.54. The summed E-state index contributed by atoms with van der Waals surface area (Å²) in [5, 5.41) is 14.6. The summed E-state index contributed by atoms with van der Waals surface area (Å²) in [6, 6.07) is 12.1. The molecule has 1 N–H and O–H groups in total. The summed E-state index contributed by atoms with van der Waals surface area (Å²) in [6.07, 6.45) is 5.18. The van der Waals surface area contributed by atoms with E-state index in [0.717, 1.165) is 36.3 Å². The van der Waals surface area contributed by atoms with Crippen molar-refractivity contribution >= 4 is 21.4 Å².